The van der Waals surface area contributed by atoms with Crippen molar-refractivity contribution >= 4 is 39.8 Å². The Morgan fingerprint density at radius 2 is 0.900 bits per heavy atom. The minimum Gasteiger partial charge on any atom is -0.356 e. The second-order valence-corrected chi connectivity index (χ2v) is 7.33. The van der Waals surface area contributed by atoms with Gasteiger partial charge in [0.15, 0.2) is 5.69 Å². The van der Waals surface area contributed by atoms with Crippen LogP contribution in [0.15, 0.2) is 97.1 Å². The van der Waals surface area contributed by atoms with Gasteiger partial charge in [0.05, 0.1) is 0 Å². The highest BCUT2D eigenvalue weighted by molar-refractivity contribution is 5.63. The zero-order valence-corrected chi connectivity index (χ0v) is 17.3. The number of benzene rings is 4. The number of hydrogen-bond acceptors (Lipinski definition) is 3. The summed E-state index contributed by atoms with van der Waals surface area (Å²) in [5, 5.41) is 12.2. The molecule has 0 atom stereocenters. The molecule has 1 radical (unpaired) electrons. The normalized spacial score (nSPS) is 10.6. The smallest absolute Gasteiger partial charge is 0.178 e. The van der Waals surface area contributed by atoms with Crippen LogP contribution in [0.5, 0.6) is 0 Å². The fourth-order valence-corrected chi connectivity index (χ4v) is 3.21. The van der Waals surface area contributed by atoms with Crippen LogP contribution in [0, 0.1) is 6.92 Å². The summed E-state index contributed by atoms with van der Waals surface area (Å²) >= 11 is 0. The fraction of sp³-hybridized carbons (Fsp3) is 0.0769. The van der Waals surface area contributed by atoms with Gasteiger partial charge < -0.3 is 10.6 Å². The number of nitrogens with two attached hydrogens (primary N) is 1. The fourth-order valence-electron chi connectivity index (χ4n) is 3.21. The van der Waals surface area contributed by atoms with Gasteiger partial charge in [-0.15, -0.1) is 5.32 Å². The summed E-state index contributed by atoms with van der Waals surface area (Å²) in [5.74, 6) is 0. The van der Waals surface area contributed by atoms with Crippen molar-refractivity contribution in [3.05, 3.63) is 103 Å². The molecular formula is C26H27N4+2. The summed E-state index contributed by atoms with van der Waals surface area (Å²) in [4.78, 5) is 0. The number of quaternary nitrogens is 1. The highest BCUT2D eigenvalue weighted by atomic mass is 14.9. The first-order chi connectivity index (χ1) is 14.7. The molecule has 0 aliphatic heterocycles. The molecule has 0 bridgehead atoms. The average molecular weight is 396 g/mol. The predicted molar refractivity (Wildman–Crippen MR) is 125 cm³/mol. The van der Waals surface area contributed by atoms with Crippen LogP contribution >= 0.6 is 0 Å². The molecule has 0 aliphatic carbocycles. The maximum absolute atomic E-state index is 3.43. The Labute approximate surface area is 178 Å². The maximum Gasteiger partial charge on any atom is 0.178 e. The standard InChI is InChI=1S/C26H26N4/c1-19-3-5-21(6-4-19)28-23-11-13-25(14-12-23)30-26-17-15-24(16-18-26)29-22-9-7-20(27-2)8-10-22/h3-18,27-30H,1-2H3/q+1/p+1. The van der Waals surface area contributed by atoms with Crippen LogP contribution in [0.25, 0.3) is 0 Å². The first kappa shape index (κ1) is 19.7. The Bertz CT molecular complexity index is 1070. The minimum atomic E-state index is 1.07. The van der Waals surface area contributed by atoms with Crippen LogP contribution < -0.4 is 21.3 Å². The molecule has 149 valence electrons. The average Bonchev–Trinajstić information content (AvgIpc) is 2.78. The Balaban J connectivity index is 1.35. The molecular weight excluding hydrogens is 368 g/mol. The van der Waals surface area contributed by atoms with Gasteiger partial charge in [-0.3, -0.25) is 5.32 Å². The Morgan fingerprint density at radius 1 is 0.533 bits per heavy atom. The summed E-state index contributed by atoms with van der Waals surface area (Å²) in [7, 11) is 1.92. The van der Waals surface area contributed by atoms with Crippen molar-refractivity contribution < 1.29 is 10.6 Å². The molecule has 5 N–H and O–H groups in total. The van der Waals surface area contributed by atoms with E-state index in [4.69, 9.17) is 0 Å². The van der Waals surface area contributed by atoms with Gasteiger partial charge >= 0.3 is 0 Å². The Kier molecular flexibility index (Phi) is 6.09. The number of aryl methyl sites for hydroxylation is 1. The van der Waals surface area contributed by atoms with Gasteiger partial charge in [-0.2, -0.15) is 0 Å². The first-order valence-corrected chi connectivity index (χ1v) is 10.1. The maximum atomic E-state index is 3.43. The lowest BCUT2D eigenvalue weighted by Gasteiger charge is -2.08. The lowest BCUT2D eigenvalue weighted by Crippen LogP contribution is -2.72. The van der Waals surface area contributed by atoms with E-state index >= 15 is 0 Å². The van der Waals surface area contributed by atoms with Crippen molar-refractivity contribution in [2.45, 2.75) is 6.92 Å². The van der Waals surface area contributed by atoms with E-state index in [0.717, 1.165) is 28.4 Å². The third-order valence-corrected chi connectivity index (χ3v) is 4.96. The van der Waals surface area contributed by atoms with Gasteiger partial charge in [0, 0.05) is 59.1 Å². The SMILES string of the molecule is C[NH+]c1ccc(Nc2ccc([NH2+]c3ccc(Nc4ccc(C)cc4)cc3)cc2)cc1. The summed E-state index contributed by atoms with van der Waals surface area (Å²) in [5.41, 5.74) is 9.03. The summed E-state index contributed by atoms with van der Waals surface area (Å²) < 4.78 is 0. The van der Waals surface area contributed by atoms with Crippen LogP contribution in [-0.4, -0.2) is 7.05 Å². The summed E-state index contributed by atoms with van der Waals surface area (Å²) in [6.45, 7) is 2.10. The number of rotatable bonds is 7. The van der Waals surface area contributed by atoms with Crippen molar-refractivity contribution in [2.24, 2.45) is 0 Å². The van der Waals surface area contributed by atoms with Crippen molar-refractivity contribution in [3.8, 4) is 0 Å². The van der Waals surface area contributed by atoms with Gasteiger partial charge in [0.1, 0.15) is 18.4 Å². The minimum absolute atomic E-state index is 1.07. The topological polar surface area (TPSA) is 56.3 Å². The van der Waals surface area contributed by atoms with Crippen LogP contribution in [0.3, 0.4) is 0 Å². The molecule has 30 heavy (non-hydrogen) atoms. The molecule has 4 aromatic rings. The molecule has 0 spiro atoms. The van der Waals surface area contributed by atoms with E-state index < -0.39 is 0 Å². The molecule has 4 rings (SSSR count). The molecule has 4 nitrogen and oxygen atoms in total. The predicted octanol–water partition coefficient (Wildman–Crippen LogP) is 4.62. The lowest BCUT2D eigenvalue weighted by molar-refractivity contribution is -0.539. The molecule has 0 saturated carbocycles. The molecule has 0 fully saturated rings. The van der Waals surface area contributed by atoms with E-state index in [1.807, 2.05) is 7.05 Å². The van der Waals surface area contributed by atoms with Crippen molar-refractivity contribution in [3.63, 3.8) is 0 Å². The van der Waals surface area contributed by atoms with Crippen LogP contribution in [0.4, 0.5) is 39.8 Å². The van der Waals surface area contributed by atoms with Gasteiger partial charge in [-0.05, 0) is 55.5 Å². The quantitative estimate of drug-likeness (QED) is 0.345. The van der Waals surface area contributed by atoms with E-state index in [2.05, 4.69) is 125 Å². The van der Waals surface area contributed by atoms with Crippen molar-refractivity contribution in [1.82, 2.24) is 0 Å². The van der Waals surface area contributed by atoms with Crippen molar-refractivity contribution in [1.29, 1.82) is 0 Å². The van der Waals surface area contributed by atoms with E-state index in [1.54, 1.807) is 0 Å². The molecule has 4 aromatic carbocycles. The van der Waals surface area contributed by atoms with Crippen LogP contribution in [0.2, 0.25) is 0 Å². The van der Waals surface area contributed by atoms with Gasteiger partial charge in [-0.1, -0.05) is 17.7 Å². The third-order valence-electron chi connectivity index (χ3n) is 4.96. The van der Waals surface area contributed by atoms with E-state index in [0.29, 0.717) is 0 Å². The second kappa shape index (κ2) is 9.27. The van der Waals surface area contributed by atoms with Gasteiger partial charge in [-0.25, -0.2) is 0 Å². The van der Waals surface area contributed by atoms with Crippen LogP contribution in [-0.2, 0) is 0 Å². The van der Waals surface area contributed by atoms with Crippen LogP contribution in [0.1, 0.15) is 5.56 Å². The second-order valence-electron chi connectivity index (χ2n) is 7.33. The van der Waals surface area contributed by atoms with E-state index in [1.165, 1.54) is 16.9 Å². The number of hydrogen-bond donors (Lipinski definition) is 4. The lowest BCUT2D eigenvalue weighted by atomic mass is 10.2. The zero-order chi connectivity index (χ0) is 20.8. The Morgan fingerprint density at radius 3 is 1.30 bits per heavy atom. The molecule has 0 heterocycles. The van der Waals surface area contributed by atoms with E-state index in [9.17, 15) is 0 Å². The highest BCUT2D eigenvalue weighted by Gasteiger charge is 2.03. The van der Waals surface area contributed by atoms with E-state index in [-0.39, 0.29) is 0 Å². The summed E-state index contributed by atoms with van der Waals surface area (Å²) in [6.07, 6.45) is 0. The third kappa shape index (κ3) is 5.26. The highest BCUT2D eigenvalue weighted by Crippen LogP contribution is 2.20. The molecule has 0 saturated heterocycles. The Hall–Kier alpha value is -3.60. The monoisotopic (exact) mass is 395 g/mol. The van der Waals surface area contributed by atoms with Gasteiger partial charge in [0.2, 0.25) is 0 Å². The molecule has 0 aromatic heterocycles. The largest absolute Gasteiger partial charge is 0.356 e. The first-order valence-electron chi connectivity index (χ1n) is 10.1. The molecule has 0 aliphatic rings. The zero-order valence-electron chi connectivity index (χ0n) is 17.3. The summed E-state index contributed by atoms with van der Waals surface area (Å²) in [6, 6.07) is 33.6. The molecule has 0 amide bonds. The molecule has 4 heteroatoms. The number of anilines is 5. The van der Waals surface area contributed by atoms with Gasteiger partial charge in [0.25, 0.3) is 0 Å². The number of nitrogens with one attached hydrogen (secondary N) is 3. The molecule has 0 unspecified atom stereocenters. The van der Waals surface area contributed by atoms with Crippen molar-refractivity contribution in [2.75, 3.05) is 17.7 Å².